The van der Waals surface area contributed by atoms with Crippen LogP contribution in [0, 0.1) is 5.82 Å². The minimum atomic E-state index is -0.193. The molecule has 1 aliphatic heterocycles. The van der Waals surface area contributed by atoms with Gasteiger partial charge in [0.15, 0.2) is 0 Å². The number of hydrogen-bond acceptors (Lipinski definition) is 2. The molecule has 21 heavy (non-hydrogen) atoms. The van der Waals surface area contributed by atoms with Crippen molar-refractivity contribution in [3.05, 3.63) is 59.9 Å². The Labute approximate surface area is 125 Å². The second-order valence-corrected chi connectivity index (χ2v) is 5.51. The van der Waals surface area contributed by atoms with Gasteiger partial charge in [-0.1, -0.05) is 18.2 Å². The van der Waals surface area contributed by atoms with Gasteiger partial charge in [-0.25, -0.2) is 4.39 Å². The average molecular weight is 284 g/mol. The van der Waals surface area contributed by atoms with Crippen LogP contribution in [0.25, 0.3) is 0 Å². The van der Waals surface area contributed by atoms with E-state index in [4.69, 9.17) is 0 Å². The third-order valence-corrected chi connectivity index (χ3v) is 4.01. The van der Waals surface area contributed by atoms with Crippen molar-refractivity contribution in [2.45, 2.75) is 19.3 Å². The molecule has 0 atom stereocenters. The molecule has 0 radical (unpaired) electrons. The number of fused-ring (bicyclic) bond motifs is 1. The standard InChI is InChI=1S/C18H21FN2/c19-16-8-10-17(11-9-16)20-12-14-21-13-4-3-6-15-5-1-2-7-18(15)21/h1-2,5,7-11,20H,3-4,6,12-14H2. The Kier molecular flexibility index (Phi) is 4.39. The second-order valence-electron chi connectivity index (χ2n) is 5.51. The van der Waals surface area contributed by atoms with Gasteiger partial charge in [-0.05, 0) is 55.2 Å². The van der Waals surface area contributed by atoms with Crippen LogP contribution in [0.3, 0.4) is 0 Å². The molecule has 2 nitrogen and oxygen atoms in total. The average Bonchev–Trinajstić information content (AvgIpc) is 2.72. The normalized spacial score (nSPS) is 14.4. The van der Waals surface area contributed by atoms with Crippen LogP contribution >= 0.6 is 0 Å². The molecule has 0 aliphatic carbocycles. The highest BCUT2D eigenvalue weighted by molar-refractivity contribution is 5.54. The molecule has 0 saturated heterocycles. The van der Waals surface area contributed by atoms with Crippen LogP contribution in [0.1, 0.15) is 18.4 Å². The summed E-state index contributed by atoms with van der Waals surface area (Å²) >= 11 is 0. The molecule has 3 rings (SSSR count). The second kappa shape index (κ2) is 6.61. The maximum atomic E-state index is 12.9. The lowest BCUT2D eigenvalue weighted by atomic mass is 10.1. The number of nitrogens with one attached hydrogen (secondary N) is 1. The van der Waals surface area contributed by atoms with Crippen molar-refractivity contribution in [3.8, 4) is 0 Å². The lowest BCUT2D eigenvalue weighted by Gasteiger charge is -2.25. The van der Waals surface area contributed by atoms with Gasteiger partial charge in [0.25, 0.3) is 0 Å². The first kappa shape index (κ1) is 13.9. The van der Waals surface area contributed by atoms with E-state index in [1.54, 1.807) is 12.1 Å². The van der Waals surface area contributed by atoms with Gasteiger partial charge in [0, 0.05) is 31.0 Å². The number of anilines is 2. The first-order chi connectivity index (χ1) is 10.3. The Balaban J connectivity index is 1.61. The van der Waals surface area contributed by atoms with E-state index < -0.39 is 0 Å². The van der Waals surface area contributed by atoms with Crippen LogP contribution in [-0.2, 0) is 6.42 Å². The predicted octanol–water partition coefficient (Wildman–Crippen LogP) is 4.08. The first-order valence-corrected chi connectivity index (χ1v) is 7.65. The van der Waals surface area contributed by atoms with Crippen LogP contribution in [0.5, 0.6) is 0 Å². The molecular formula is C18H21FN2. The number of aryl methyl sites for hydroxylation is 1. The van der Waals surface area contributed by atoms with Crippen LogP contribution in [0.4, 0.5) is 15.8 Å². The maximum Gasteiger partial charge on any atom is 0.123 e. The quantitative estimate of drug-likeness (QED) is 0.910. The molecular weight excluding hydrogens is 263 g/mol. The van der Waals surface area contributed by atoms with Crippen molar-refractivity contribution in [2.24, 2.45) is 0 Å². The summed E-state index contributed by atoms with van der Waals surface area (Å²) in [5.41, 5.74) is 3.80. The number of rotatable bonds is 4. The van der Waals surface area contributed by atoms with Gasteiger partial charge >= 0.3 is 0 Å². The van der Waals surface area contributed by atoms with Crippen LogP contribution in [0.15, 0.2) is 48.5 Å². The molecule has 1 N–H and O–H groups in total. The number of nitrogens with zero attached hydrogens (tertiary/aromatic N) is 1. The molecule has 2 aromatic carbocycles. The fourth-order valence-electron chi connectivity index (χ4n) is 2.90. The smallest absolute Gasteiger partial charge is 0.123 e. The van der Waals surface area contributed by atoms with Gasteiger partial charge in [-0.3, -0.25) is 0 Å². The Morgan fingerprint density at radius 2 is 1.81 bits per heavy atom. The summed E-state index contributed by atoms with van der Waals surface area (Å²) in [4.78, 5) is 2.46. The van der Waals surface area contributed by atoms with Gasteiger partial charge in [0.1, 0.15) is 5.82 Å². The molecule has 0 bridgehead atoms. The topological polar surface area (TPSA) is 15.3 Å². The summed E-state index contributed by atoms with van der Waals surface area (Å²) in [6.45, 7) is 2.94. The number of hydrogen-bond donors (Lipinski definition) is 1. The lowest BCUT2D eigenvalue weighted by molar-refractivity contribution is 0.628. The molecule has 110 valence electrons. The van der Waals surface area contributed by atoms with Gasteiger partial charge in [-0.2, -0.15) is 0 Å². The summed E-state index contributed by atoms with van der Waals surface area (Å²) < 4.78 is 12.9. The molecule has 0 saturated carbocycles. The molecule has 0 unspecified atom stereocenters. The minimum Gasteiger partial charge on any atom is -0.383 e. The number of para-hydroxylation sites is 1. The zero-order valence-corrected chi connectivity index (χ0v) is 12.2. The summed E-state index contributed by atoms with van der Waals surface area (Å²) in [5.74, 6) is -0.193. The molecule has 3 heteroatoms. The highest BCUT2D eigenvalue weighted by Crippen LogP contribution is 2.25. The third-order valence-electron chi connectivity index (χ3n) is 4.01. The van der Waals surface area contributed by atoms with E-state index in [1.807, 2.05) is 0 Å². The Bertz CT molecular complexity index is 580. The lowest BCUT2D eigenvalue weighted by Crippen LogP contribution is -2.29. The Hall–Kier alpha value is -2.03. The van der Waals surface area contributed by atoms with Crippen molar-refractivity contribution in [1.82, 2.24) is 0 Å². The van der Waals surface area contributed by atoms with E-state index in [-0.39, 0.29) is 5.82 Å². The van der Waals surface area contributed by atoms with Crippen molar-refractivity contribution in [3.63, 3.8) is 0 Å². The maximum absolute atomic E-state index is 12.9. The fraction of sp³-hybridized carbons (Fsp3) is 0.333. The van der Waals surface area contributed by atoms with E-state index in [1.165, 1.54) is 42.6 Å². The van der Waals surface area contributed by atoms with Crippen LogP contribution in [-0.4, -0.2) is 19.6 Å². The van der Waals surface area contributed by atoms with E-state index in [0.29, 0.717) is 0 Å². The molecule has 0 aromatic heterocycles. The highest BCUT2D eigenvalue weighted by atomic mass is 19.1. The number of halogens is 1. The number of benzene rings is 2. The summed E-state index contributed by atoms with van der Waals surface area (Å²) in [5, 5.41) is 3.36. The molecule has 0 spiro atoms. The molecule has 1 aliphatic rings. The van der Waals surface area contributed by atoms with E-state index in [2.05, 4.69) is 34.5 Å². The van der Waals surface area contributed by atoms with Crippen molar-refractivity contribution >= 4 is 11.4 Å². The first-order valence-electron chi connectivity index (χ1n) is 7.65. The van der Waals surface area contributed by atoms with Gasteiger partial charge in [0.05, 0.1) is 0 Å². The molecule has 0 amide bonds. The van der Waals surface area contributed by atoms with Gasteiger partial charge in [-0.15, -0.1) is 0 Å². The summed E-state index contributed by atoms with van der Waals surface area (Å²) in [7, 11) is 0. The molecule has 1 heterocycles. The summed E-state index contributed by atoms with van der Waals surface area (Å²) in [6.07, 6.45) is 3.68. The third kappa shape index (κ3) is 3.54. The van der Waals surface area contributed by atoms with Crippen LogP contribution < -0.4 is 10.2 Å². The SMILES string of the molecule is Fc1ccc(NCCN2CCCCc3ccccc32)cc1. The van der Waals surface area contributed by atoms with Gasteiger partial charge in [0.2, 0.25) is 0 Å². The zero-order chi connectivity index (χ0) is 14.5. The zero-order valence-electron chi connectivity index (χ0n) is 12.2. The van der Waals surface area contributed by atoms with E-state index in [0.717, 1.165) is 25.3 Å². The van der Waals surface area contributed by atoms with Crippen LogP contribution in [0.2, 0.25) is 0 Å². The van der Waals surface area contributed by atoms with Crippen molar-refractivity contribution in [2.75, 3.05) is 29.9 Å². The van der Waals surface area contributed by atoms with Crippen molar-refractivity contribution in [1.29, 1.82) is 0 Å². The Morgan fingerprint density at radius 1 is 1.00 bits per heavy atom. The highest BCUT2D eigenvalue weighted by Gasteiger charge is 2.13. The monoisotopic (exact) mass is 284 g/mol. The largest absolute Gasteiger partial charge is 0.383 e. The fourth-order valence-corrected chi connectivity index (χ4v) is 2.90. The minimum absolute atomic E-state index is 0.193. The Morgan fingerprint density at radius 3 is 2.67 bits per heavy atom. The van der Waals surface area contributed by atoms with E-state index >= 15 is 0 Å². The predicted molar refractivity (Wildman–Crippen MR) is 86.5 cm³/mol. The van der Waals surface area contributed by atoms with Crippen molar-refractivity contribution < 1.29 is 4.39 Å². The molecule has 2 aromatic rings. The van der Waals surface area contributed by atoms with E-state index in [9.17, 15) is 4.39 Å². The van der Waals surface area contributed by atoms with Gasteiger partial charge < -0.3 is 10.2 Å². The summed E-state index contributed by atoms with van der Waals surface area (Å²) in [6, 6.07) is 15.2. The molecule has 0 fully saturated rings.